The Morgan fingerprint density at radius 2 is 0.780 bits per heavy atom. The van der Waals surface area contributed by atoms with E-state index < -0.39 is 42.3 Å². The van der Waals surface area contributed by atoms with Crippen LogP contribution in [-0.4, -0.2) is 173 Å². The second-order valence-corrected chi connectivity index (χ2v) is 30.4. The van der Waals surface area contributed by atoms with Crippen molar-refractivity contribution in [3.8, 4) is 40.5 Å². The SMILES string of the molecule is C.C.C.CN(C(=O)OC(C)(C)C)N(C(=O)c1ccn2ncc(Br)c2c1)c1ccc(C#N)cc1.CNC(=O)c1ccc(-c2cnn3ccc(C(=O)N(NC)c4ccc(C#N)cc4)cc23)cn1.CNC(=O)c1ccc(-c2cnn3ccc(C(=O)N(c4ccc(C#N)cc4)N(C)C(=O)OC(C)(C)C)cc23)cn1.CNC(=O)c1ccc(B2OC(C)(C)C(C)(C)O2)cn1. The van der Waals surface area contributed by atoms with E-state index in [4.69, 9.17) is 29.3 Å². The number of carbonyl (C=O) groups excluding carboxylic acids is 8. The summed E-state index contributed by atoms with van der Waals surface area (Å²) in [6, 6.07) is 45.8. The zero-order chi connectivity index (χ0) is 87.3. The van der Waals surface area contributed by atoms with E-state index in [0.29, 0.717) is 78.4 Å². The zero-order valence-electron chi connectivity index (χ0n) is 68.5. The molecule has 1 aliphatic rings. The number of halogens is 1. The van der Waals surface area contributed by atoms with Crippen LogP contribution in [0, 0.1) is 34.0 Å². The van der Waals surface area contributed by atoms with Gasteiger partial charge in [0, 0.05) is 124 Å². The van der Waals surface area contributed by atoms with E-state index in [-0.39, 0.29) is 68.4 Å². The Morgan fingerprint density at radius 1 is 0.447 bits per heavy atom. The van der Waals surface area contributed by atoms with E-state index in [1.807, 2.05) is 39.8 Å². The van der Waals surface area contributed by atoms with Crippen molar-refractivity contribution < 1.29 is 57.1 Å². The fourth-order valence-corrected chi connectivity index (χ4v) is 12.0. The highest BCUT2D eigenvalue weighted by Crippen LogP contribution is 2.37. The summed E-state index contributed by atoms with van der Waals surface area (Å²) in [5.74, 6) is -1.98. The van der Waals surface area contributed by atoms with Gasteiger partial charge >= 0.3 is 19.3 Å². The van der Waals surface area contributed by atoms with Gasteiger partial charge in [0.15, 0.2) is 0 Å². The maximum atomic E-state index is 13.9. The van der Waals surface area contributed by atoms with Gasteiger partial charge < -0.3 is 34.7 Å². The van der Waals surface area contributed by atoms with E-state index in [1.165, 1.54) is 36.2 Å². The summed E-state index contributed by atoms with van der Waals surface area (Å²) in [5, 5.41) is 53.7. The Hall–Kier alpha value is -14.6. The number of benzene rings is 3. The number of amides is 8. The summed E-state index contributed by atoms with van der Waals surface area (Å²) in [5.41, 5.74) is 11.3. The first-order valence-corrected chi connectivity index (χ1v) is 37.9. The molecule has 33 nitrogen and oxygen atoms in total. The lowest BCUT2D eigenvalue weighted by Crippen LogP contribution is -2.49. The average molecular weight is 1730 g/mol. The van der Waals surface area contributed by atoms with Crippen molar-refractivity contribution >= 4 is 110 Å². The van der Waals surface area contributed by atoms with Gasteiger partial charge in [-0.05, 0) is 213 Å². The summed E-state index contributed by atoms with van der Waals surface area (Å²) in [6.07, 6.45) is 13.4. The molecule has 0 atom stereocenters. The summed E-state index contributed by atoms with van der Waals surface area (Å²) >= 11 is 3.41. The first-order valence-electron chi connectivity index (χ1n) is 37.1. The van der Waals surface area contributed by atoms with Crippen LogP contribution < -0.4 is 41.9 Å². The molecule has 0 radical (unpaired) electrons. The standard InChI is InChI=1S/C28H27N7O4.C23H19N7O2.C21H20BrN5O3.C13H19BN2O3.3CH4/c1-28(2,3)39-27(38)33(5)35(21-9-6-18(15-29)7-10-21)26(37)19-12-13-34-24(14-19)22(17-32-34)20-8-11-23(31-16-20)25(36)30-4;1-25-22(31)20-8-5-17(13-27-20)19-14-28-29-10-9-16(11-21(19)29)23(32)30(26-2)18-6-3-15(12-24)4-7-18;1-21(2,3)30-20(29)25(4)27(16-7-5-14(12-23)6-8-16)19(28)15-9-10-26-18(11-15)17(22)13-24-26;1-12(2)13(3,4)19-14(18-12)9-6-7-10(16-8-9)11(17)15-5;;;/h6-14,16-17H,1-5H3,(H,30,36);3-11,13-14,26H,1-2H3,(H,25,31);5-11,13H,1-4H3;6-8H,1-5H3,(H,15,17);3*1H4. The quantitative estimate of drug-likeness (QED) is 0.0615. The second kappa shape index (κ2) is 40.5. The number of rotatable bonds is 13. The number of pyridine rings is 6. The molecule has 12 aromatic rings. The molecule has 1 fully saturated rings. The topological polar surface area (TPSA) is 400 Å². The van der Waals surface area contributed by atoms with Crippen molar-refractivity contribution in [1.82, 2.24) is 75.2 Å². The molecule has 4 N–H and O–H groups in total. The lowest BCUT2D eigenvalue weighted by molar-refractivity contribution is 0.00578. The van der Waals surface area contributed by atoms with Crippen LogP contribution in [0.15, 0.2) is 206 Å². The number of fused-ring (bicyclic) bond motifs is 3. The monoisotopic (exact) mass is 1730 g/mol. The van der Waals surface area contributed by atoms with Gasteiger partial charge in [-0.3, -0.25) is 43.7 Å². The highest BCUT2D eigenvalue weighted by Gasteiger charge is 2.52. The molecule has 35 heteroatoms. The summed E-state index contributed by atoms with van der Waals surface area (Å²) in [7, 11) is 8.75. The number of anilines is 3. The van der Waals surface area contributed by atoms with E-state index in [9.17, 15) is 43.6 Å². The van der Waals surface area contributed by atoms with Crippen LogP contribution in [0.4, 0.5) is 26.7 Å². The summed E-state index contributed by atoms with van der Waals surface area (Å²) in [6.45, 7) is 18.4. The number of nitrogens with one attached hydrogen (secondary N) is 4. The van der Waals surface area contributed by atoms with Crippen molar-refractivity contribution in [3.63, 3.8) is 0 Å². The fraction of sp³-hybridized carbons (Fsp3) is 0.261. The number of carbonyl (C=O) groups is 8. The van der Waals surface area contributed by atoms with Crippen LogP contribution in [0.5, 0.6) is 0 Å². The lowest BCUT2D eigenvalue weighted by atomic mass is 9.80. The van der Waals surface area contributed by atoms with Gasteiger partial charge in [0.2, 0.25) is 0 Å². The molecule has 13 rings (SSSR count). The van der Waals surface area contributed by atoms with Gasteiger partial charge in [0.1, 0.15) is 28.3 Å². The van der Waals surface area contributed by atoms with E-state index in [1.54, 1.807) is 278 Å². The Morgan fingerprint density at radius 3 is 1.11 bits per heavy atom. The smallest absolute Gasteiger partial charge is 0.442 e. The van der Waals surface area contributed by atoms with Crippen LogP contribution in [-0.2, 0) is 18.8 Å². The van der Waals surface area contributed by atoms with Crippen LogP contribution in [0.1, 0.15) is 171 Å². The molecule has 0 bridgehead atoms. The number of nitriles is 3. The first-order chi connectivity index (χ1) is 56.9. The molecule has 0 unspecified atom stereocenters. The largest absolute Gasteiger partial charge is 0.496 e. The van der Waals surface area contributed by atoms with Gasteiger partial charge in [-0.15, -0.1) is 0 Å². The van der Waals surface area contributed by atoms with Crippen molar-refractivity contribution in [2.45, 2.75) is 114 Å². The molecule has 0 aliphatic carbocycles. The number of hydrogen-bond donors (Lipinski definition) is 4. The minimum Gasteiger partial charge on any atom is -0.442 e. The van der Waals surface area contributed by atoms with Crippen molar-refractivity contribution in [3.05, 3.63) is 256 Å². The highest BCUT2D eigenvalue weighted by atomic mass is 79.9. The van der Waals surface area contributed by atoms with Gasteiger partial charge in [-0.1, -0.05) is 40.5 Å². The number of aromatic nitrogens is 9. The molecule has 1 saturated heterocycles. The molecule has 8 amide bonds. The molecule has 9 aromatic heterocycles. The predicted octanol–water partition coefficient (Wildman–Crippen LogP) is 13.5. The highest BCUT2D eigenvalue weighted by molar-refractivity contribution is 9.10. The molecule has 3 aromatic carbocycles. The number of nitrogens with zero attached hydrogens (tertiary/aromatic N) is 17. The normalized spacial score (nSPS) is 12.1. The first kappa shape index (κ1) is 95.6. The van der Waals surface area contributed by atoms with Crippen LogP contribution >= 0.6 is 15.9 Å². The average Bonchev–Trinajstić information content (AvgIpc) is 1.70. The number of ether oxygens (including phenoxy) is 2. The third-order valence-corrected chi connectivity index (χ3v) is 19.2. The van der Waals surface area contributed by atoms with Crippen LogP contribution in [0.3, 0.4) is 0 Å². The van der Waals surface area contributed by atoms with Crippen molar-refractivity contribution in [2.75, 3.05) is 57.3 Å². The molecule has 636 valence electrons. The molecular formula is C88H97BBrN21O12. The zero-order valence-corrected chi connectivity index (χ0v) is 70.1. The van der Waals surface area contributed by atoms with Crippen LogP contribution in [0.2, 0.25) is 0 Å². The second-order valence-electron chi connectivity index (χ2n) is 29.6. The summed E-state index contributed by atoms with van der Waals surface area (Å²) in [4.78, 5) is 114. The molecule has 10 heterocycles. The van der Waals surface area contributed by atoms with Crippen molar-refractivity contribution in [1.29, 1.82) is 15.8 Å². The van der Waals surface area contributed by atoms with E-state index in [0.717, 1.165) is 36.6 Å². The van der Waals surface area contributed by atoms with Gasteiger partial charge in [-0.25, -0.2) is 53.6 Å². The Kier molecular flexibility index (Phi) is 31.4. The number of hydrogen-bond acceptors (Lipinski definition) is 22. The Labute approximate surface area is 721 Å². The Bertz CT molecular complexity index is 5930. The van der Waals surface area contributed by atoms with Gasteiger partial charge in [0.05, 0.1) is 103 Å². The molecule has 1 aliphatic heterocycles. The summed E-state index contributed by atoms with van der Waals surface area (Å²) < 4.78 is 28.4. The third kappa shape index (κ3) is 22.5. The fourth-order valence-electron chi connectivity index (χ4n) is 11.6. The maximum absolute atomic E-state index is 13.9. The molecule has 0 spiro atoms. The van der Waals surface area contributed by atoms with Crippen LogP contribution in [0.25, 0.3) is 38.8 Å². The third-order valence-electron chi connectivity index (χ3n) is 18.6. The molecule has 0 saturated carbocycles. The van der Waals surface area contributed by atoms with Gasteiger partial charge in [-0.2, -0.15) is 31.1 Å². The predicted molar refractivity (Wildman–Crippen MR) is 471 cm³/mol. The number of hydrazine groups is 3. The minimum absolute atomic E-state index is 0. The van der Waals surface area contributed by atoms with Gasteiger partial charge in [0.25, 0.3) is 35.4 Å². The molecule has 123 heavy (non-hydrogen) atoms. The maximum Gasteiger partial charge on any atom is 0.496 e. The minimum atomic E-state index is -0.780. The Balaban J connectivity index is 0.000000229. The van der Waals surface area contributed by atoms with E-state index >= 15 is 0 Å². The lowest BCUT2D eigenvalue weighted by Gasteiger charge is -2.33. The van der Waals surface area contributed by atoms with E-state index in [2.05, 4.69) is 73.6 Å². The van der Waals surface area contributed by atoms with Crippen molar-refractivity contribution in [2.24, 2.45) is 0 Å². The molecular weight excluding hydrogens is 1630 g/mol.